The number of phosphoric acid groups is 1. The molecule has 0 aromatic heterocycles. The first-order chi connectivity index (χ1) is 23.3. The molecular formula is C38H68NO8P. The second-order valence-electron chi connectivity index (χ2n) is 12.1. The fourth-order valence-electron chi connectivity index (χ4n) is 4.70. The Morgan fingerprint density at radius 1 is 0.646 bits per heavy atom. The van der Waals surface area contributed by atoms with Crippen LogP contribution in [0.15, 0.2) is 48.6 Å². The molecule has 0 amide bonds. The number of hydrogen-bond acceptors (Lipinski definition) is 8. The van der Waals surface area contributed by atoms with Gasteiger partial charge in [0.2, 0.25) is 0 Å². The maximum absolute atomic E-state index is 12.5. The third kappa shape index (κ3) is 33.9. The lowest BCUT2D eigenvalue weighted by Crippen LogP contribution is -2.29. The van der Waals surface area contributed by atoms with Gasteiger partial charge in [-0.3, -0.25) is 18.6 Å². The third-order valence-electron chi connectivity index (χ3n) is 7.45. The summed E-state index contributed by atoms with van der Waals surface area (Å²) < 4.78 is 32.6. The number of ether oxygens (including phenoxy) is 2. The van der Waals surface area contributed by atoms with E-state index in [0.29, 0.717) is 12.8 Å². The van der Waals surface area contributed by atoms with Gasteiger partial charge in [0, 0.05) is 19.4 Å². The topological polar surface area (TPSA) is 134 Å². The molecule has 2 atom stereocenters. The number of rotatable bonds is 34. The van der Waals surface area contributed by atoms with Gasteiger partial charge in [-0.05, 0) is 70.6 Å². The molecule has 0 radical (unpaired) electrons. The van der Waals surface area contributed by atoms with E-state index in [2.05, 4.69) is 62.5 Å². The normalized spacial score (nSPS) is 14.0. The number of esters is 2. The van der Waals surface area contributed by atoms with Gasteiger partial charge in [0.25, 0.3) is 0 Å². The summed E-state index contributed by atoms with van der Waals surface area (Å²) in [7, 11) is -4.38. The summed E-state index contributed by atoms with van der Waals surface area (Å²) in [5.74, 6) is -0.878. The standard InChI is InChI=1S/C38H68NO8P/c1-3-5-7-9-11-13-15-17-19-20-22-24-26-28-30-37(40)44-34-36(35-46-48(42,43)45-33-32-39)47-38(41)31-29-27-25-23-21-18-16-14-12-10-8-6-4-2/h6,8,12,14-15,17-18,21,36H,3-5,7,9-11,13,16,19-20,22-35,39H2,1-2H3,(H,42,43)/b8-6-,14-12-,17-15-,21-18-. The van der Waals surface area contributed by atoms with Crippen molar-refractivity contribution < 1.29 is 37.6 Å². The molecule has 0 aromatic rings. The number of nitrogens with two attached hydrogens (primary N) is 1. The molecule has 3 N–H and O–H groups in total. The Morgan fingerprint density at radius 2 is 1.15 bits per heavy atom. The molecule has 0 heterocycles. The molecule has 9 nitrogen and oxygen atoms in total. The van der Waals surface area contributed by atoms with Gasteiger partial charge in [-0.1, -0.05) is 114 Å². The van der Waals surface area contributed by atoms with E-state index in [9.17, 15) is 19.0 Å². The Balaban J connectivity index is 4.30. The van der Waals surface area contributed by atoms with Crippen molar-refractivity contribution in [3.05, 3.63) is 48.6 Å². The first-order valence-electron chi connectivity index (χ1n) is 18.6. The van der Waals surface area contributed by atoms with Crippen molar-refractivity contribution in [1.29, 1.82) is 0 Å². The van der Waals surface area contributed by atoms with Crippen LogP contribution < -0.4 is 5.73 Å². The van der Waals surface area contributed by atoms with Crippen LogP contribution in [0.1, 0.15) is 149 Å². The molecular weight excluding hydrogens is 629 g/mol. The van der Waals surface area contributed by atoms with Crippen LogP contribution in [0.25, 0.3) is 0 Å². The van der Waals surface area contributed by atoms with Crippen molar-refractivity contribution >= 4 is 19.8 Å². The van der Waals surface area contributed by atoms with Crippen molar-refractivity contribution in [2.45, 2.75) is 155 Å². The van der Waals surface area contributed by atoms with Crippen LogP contribution in [0.5, 0.6) is 0 Å². The second-order valence-corrected chi connectivity index (χ2v) is 13.5. The smallest absolute Gasteiger partial charge is 0.462 e. The molecule has 0 saturated heterocycles. The molecule has 48 heavy (non-hydrogen) atoms. The van der Waals surface area contributed by atoms with E-state index in [-0.39, 0.29) is 32.6 Å². The Bertz CT molecular complexity index is 934. The van der Waals surface area contributed by atoms with Crippen molar-refractivity contribution in [3.8, 4) is 0 Å². The van der Waals surface area contributed by atoms with E-state index in [1.807, 2.05) is 0 Å². The SMILES string of the molecule is CC/C=C\C/C=C\C/C=C\CCCCCC(=O)OC(COC(=O)CCCCCCC/C=C\CCCCCCC)COP(=O)(O)OCCN. The van der Waals surface area contributed by atoms with E-state index in [0.717, 1.165) is 70.6 Å². The predicted molar refractivity (Wildman–Crippen MR) is 196 cm³/mol. The van der Waals surface area contributed by atoms with Gasteiger partial charge in [-0.15, -0.1) is 0 Å². The molecule has 0 rings (SSSR count). The highest BCUT2D eigenvalue weighted by Crippen LogP contribution is 2.43. The summed E-state index contributed by atoms with van der Waals surface area (Å²) in [4.78, 5) is 34.7. The molecule has 2 unspecified atom stereocenters. The first-order valence-corrected chi connectivity index (χ1v) is 20.1. The van der Waals surface area contributed by atoms with Crippen LogP contribution >= 0.6 is 7.82 Å². The zero-order valence-corrected chi connectivity index (χ0v) is 31.1. The zero-order valence-electron chi connectivity index (χ0n) is 30.2. The minimum Gasteiger partial charge on any atom is -0.462 e. The molecule has 0 saturated carbocycles. The summed E-state index contributed by atoms with van der Waals surface area (Å²) in [6, 6.07) is 0. The molecule has 0 fully saturated rings. The average molecular weight is 698 g/mol. The van der Waals surface area contributed by atoms with Crippen molar-refractivity contribution in [2.75, 3.05) is 26.4 Å². The number of carbonyl (C=O) groups excluding carboxylic acids is 2. The highest BCUT2D eigenvalue weighted by molar-refractivity contribution is 7.47. The Kier molecular flexibility index (Phi) is 33.3. The second kappa shape index (κ2) is 34.8. The van der Waals surface area contributed by atoms with Gasteiger partial charge < -0.3 is 20.1 Å². The maximum Gasteiger partial charge on any atom is 0.472 e. The number of unbranched alkanes of at least 4 members (excludes halogenated alkanes) is 13. The van der Waals surface area contributed by atoms with Crippen LogP contribution in [-0.4, -0.2) is 49.3 Å². The molecule has 0 aromatic carbocycles. The lowest BCUT2D eigenvalue weighted by molar-refractivity contribution is -0.161. The predicted octanol–water partition coefficient (Wildman–Crippen LogP) is 9.99. The fraction of sp³-hybridized carbons (Fsp3) is 0.737. The van der Waals surface area contributed by atoms with Crippen molar-refractivity contribution in [1.82, 2.24) is 0 Å². The van der Waals surface area contributed by atoms with Crippen molar-refractivity contribution in [3.63, 3.8) is 0 Å². The van der Waals surface area contributed by atoms with E-state index in [1.165, 1.54) is 38.5 Å². The first kappa shape index (κ1) is 46.0. The van der Waals surface area contributed by atoms with E-state index in [4.69, 9.17) is 24.3 Å². The van der Waals surface area contributed by atoms with Gasteiger partial charge in [-0.25, -0.2) is 4.57 Å². The van der Waals surface area contributed by atoms with Crippen molar-refractivity contribution in [2.24, 2.45) is 5.73 Å². The van der Waals surface area contributed by atoms with Crippen LogP contribution in [-0.2, 0) is 32.7 Å². The molecule has 0 aliphatic carbocycles. The Hall–Kier alpha value is -2.03. The van der Waals surface area contributed by atoms with E-state index >= 15 is 0 Å². The fourth-order valence-corrected chi connectivity index (χ4v) is 5.47. The zero-order chi connectivity index (χ0) is 35.4. The molecule has 10 heteroatoms. The van der Waals surface area contributed by atoms with Crippen LogP contribution in [0.4, 0.5) is 0 Å². The molecule has 0 aliphatic rings. The average Bonchev–Trinajstić information content (AvgIpc) is 3.07. The quantitative estimate of drug-likeness (QED) is 0.0291. The number of carbonyl (C=O) groups is 2. The summed E-state index contributed by atoms with van der Waals surface area (Å²) in [6.07, 6.45) is 37.2. The highest BCUT2D eigenvalue weighted by Gasteiger charge is 2.25. The maximum atomic E-state index is 12.5. The molecule has 278 valence electrons. The van der Waals surface area contributed by atoms with Gasteiger partial charge in [-0.2, -0.15) is 0 Å². The lowest BCUT2D eigenvalue weighted by atomic mass is 10.1. The molecule has 0 aliphatic heterocycles. The lowest BCUT2D eigenvalue weighted by Gasteiger charge is -2.19. The van der Waals surface area contributed by atoms with Crippen LogP contribution in [0, 0.1) is 0 Å². The third-order valence-corrected chi connectivity index (χ3v) is 8.43. The summed E-state index contributed by atoms with van der Waals surface area (Å²) in [5.41, 5.74) is 5.32. The Labute approximate surface area is 292 Å². The number of hydrogen-bond donors (Lipinski definition) is 2. The summed E-state index contributed by atoms with van der Waals surface area (Å²) in [6.45, 7) is 3.53. The summed E-state index contributed by atoms with van der Waals surface area (Å²) in [5, 5.41) is 0. The Morgan fingerprint density at radius 3 is 1.75 bits per heavy atom. The number of allylic oxidation sites excluding steroid dienone is 8. The number of phosphoric ester groups is 1. The molecule has 0 bridgehead atoms. The minimum atomic E-state index is -4.38. The van der Waals surface area contributed by atoms with Crippen LogP contribution in [0.2, 0.25) is 0 Å². The largest absolute Gasteiger partial charge is 0.472 e. The summed E-state index contributed by atoms with van der Waals surface area (Å²) >= 11 is 0. The van der Waals surface area contributed by atoms with Gasteiger partial charge in [0.05, 0.1) is 13.2 Å². The highest BCUT2D eigenvalue weighted by atomic mass is 31.2. The van der Waals surface area contributed by atoms with E-state index < -0.39 is 32.5 Å². The van der Waals surface area contributed by atoms with Gasteiger partial charge in [0.1, 0.15) is 6.61 Å². The van der Waals surface area contributed by atoms with Gasteiger partial charge >= 0.3 is 19.8 Å². The minimum absolute atomic E-state index is 0.0457. The van der Waals surface area contributed by atoms with Gasteiger partial charge in [0.15, 0.2) is 6.10 Å². The van der Waals surface area contributed by atoms with Crippen LogP contribution in [0.3, 0.4) is 0 Å². The molecule has 0 spiro atoms. The van der Waals surface area contributed by atoms with E-state index in [1.54, 1.807) is 0 Å². The monoisotopic (exact) mass is 697 g/mol.